The Labute approximate surface area is 201 Å². The molecule has 35 heavy (non-hydrogen) atoms. The predicted molar refractivity (Wildman–Crippen MR) is 123 cm³/mol. The van der Waals surface area contributed by atoms with Gasteiger partial charge in [-0.2, -0.15) is 13.2 Å². The zero-order chi connectivity index (χ0) is 25.2. The molecule has 4 rings (SSSR count). The number of benzene rings is 2. The number of nitrogens with zero attached hydrogens (tertiary/aromatic N) is 1. The molecule has 184 valence electrons. The van der Waals surface area contributed by atoms with Crippen LogP contribution in [0.15, 0.2) is 76.7 Å². The summed E-state index contributed by atoms with van der Waals surface area (Å²) in [6.45, 7) is -0.220. The van der Waals surface area contributed by atoms with Gasteiger partial charge in [0.25, 0.3) is 10.0 Å². The standard InChI is InChI=1S/C25H22F3NO5S/c1-33-20-7-2-5-17(13-20)18-10-11-24-23(14-18)29(16-21(34-24)8-4-12-30)35(31,32)22-9-3-6-19(15-22)25(26,27)28/h3,5-6,9-11,13-15,21,30H,4,8,12,16H2,1H3/t21-/m0/s1. The van der Waals surface area contributed by atoms with Gasteiger partial charge in [-0.25, -0.2) is 8.42 Å². The molecule has 0 unspecified atom stereocenters. The molecule has 6 nitrogen and oxygen atoms in total. The lowest BCUT2D eigenvalue weighted by Gasteiger charge is -2.36. The van der Waals surface area contributed by atoms with Crippen molar-refractivity contribution < 1.29 is 36.2 Å². The molecule has 0 amide bonds. The van der Waals surface area contributed by atoms with E-state index in [0.29, 0.717) is 35.8 Å². The number of aliphatic hydroxyl groups is 1. The molecule has 0 saturated carbocycles. The number of halogens is 3. The van der Waals surface area contributed by atoms with Gasteiger partial charge in [0, 0.05) is 6.61 Å². The number of sulfonamides is 1. The summed E-state index contributed by atoms with van der Waals surface area (Å²) in [5, 5.41) is 9.20. The molecule has 0 saturated heterocycles. The summed E-state index contributed by atoms with van der Waals surface area (Å²) in [7, 11) is -2.89. The fraction of sp³-hybridized carbons (Fsp3) is 0.280. The fourth-order valence-corrected chi connectivity index (χ4v) is 5.37. The highest BCUT2D eigenvalue weighted by Gasteiger charge is 2.37. The smallest absolute Gasteiger partial charge is 0.416 e. The number of hydrogen-bond acceptors (Lipinski definition) is 5. The van der Waals surface area contributed by atoms with Crippen LogP contribution < -0.4 is 9.04 Å². The minimum Gasteiger partial charge on any atom is -0.489 e. The number of rotatable bonds is 7. The van der Waals surface area contributed by atoms with Gasteiger partial charge >= 0.3 is 6.18 Å². The van der Waals surface area contributed by atoms with Crippen molar-refractivity contribution >= 4 is 21.3 Å². The van der Waals surface area contributed by atoms with E-state index in [9.17, 15) is 26.7 Å². The second-order valence-corrected chi connectivity index (χ2v) is 9.79. The van der Waals surface area contributed by atoms with Gasteiger partial charge in [-0.3, -0.25) is 4.31 Å². The Morgan fingerprint density at radius 2 is 2.03 bits per heavy atom. The number of hydrogen-bond donors (Lipinski definition) is 1. The number of fused-ring (bicyclic) bond motifs is 1. The third-order valence-corrected chi connectivity index (χ3v) is 7.36. The van der Waals surface area contributed by atoms with Gasteiger partial charge in [0.05, 0.1) is 29.8 Å². The van der Waals surface area contributed by atoms with Crippen LogP contribution in [0.1, 0.15) is 24.0 Å². The van der Waals surface area contributed by atoms with Crippen LogP contribution in [0.5, 0.6) is 5.75 Å². The lowest BCUT2D eigenvalue weighted by Crippen LogP contribution is -2.43. The van der Waals surface area contributed by atoms with E-state index >= 15 is 0 Å². The molecule has 1 atom stereocenters. The Morgan fingerprint density at radius 1 is 1.23 bits per heavy atom. The zero-order valence-electron chi connectivity index (χ0n) is 18.7. The maximum atomic E-state index is 13.6. The summed E-state index contributed by atoms with van der Waals surface area (Å²) >= 11 is 0. The van der Waals surface area contributed by atoms with Crippen LogP contribution in [0, 0.1) is 0 Å². The molecule has 1 aliphatic carbocycles. The maximum Gasteiger partial charge on any atom is 0.416 e. The number of anilines is 1. The Bertz CT molecular complexity index is 1370. The summed E-state index contributed by atoms with van der Waals surface area (Å²) in [6, 6.07) is 8.62. The van der Waals surface area contributed by atoms with Crippen molar-refractivity contribution in [3.63, 3.8) is 0 Å². The van der Waals surface area contributed by atoms with Crippen LogP contribution in [0.4, 0.5) is 18.9 Å². The molecule has 0 spiro atoms. The molecular weight excluding hydrogens is 483 g/mol. The van der Waals surface area contributed by atoms with Crippen molar-refractivity contribution in [2.45, 2.75) is 30.0 Å². The molecular formula is C25H22F3NO5S. The largest absolute Gasteiger partial charge is 0.489 e. The van der Waals surface area contributed by atoms with E-state index in [1.165, 1.54) is 7.11 Å². The maximum absolute atomic E-state index is 13.6. The van der Waals surface area contributed by atoms with Crippen molar-refractivity contribution in [3.8, 4) is 5.75 Å². The minimum atomic E-state index is -4.69. The highest BCUT2D eigenvalue weighted by molar-refractivity contribution is 7.92. The number of ether oxygens (including phenoxy) is 2. The number of aliphatic hydroxyl groups excluding tert-OH is 1. The van der Waals surface area contributed by atoms with Crippen LogP contribution in [0.3, 0.4) is 0 Å². The van der Waals surface area contributed by atoms with E-state index in [4.69, 9.17) is 9.47 Å². The number of methoxy groups -OCH3 is 1. The first kappa shape index (κ1) is 24.7. The Balaban J connectivity index is 1.80. The lowest BCUT2D eigenvalue weighted by atomic mass is 10.0. The molecule has 1 heterocycles. The Kier molecular flexibility index (Phi) is 6.83. The normalized spacial score (nSPS) is 17.4. The van der Waals surface area contributed by atoms with Crippen LogP contribution in [0.25, 0.3) is 5.57 Å². The molecule has 1 N–H and O–H groups in total. The van der Waals surface area contributed by atoms with Gasteiger partial charge in [0.2, 0.25) is 0 Å². The Hall–Kier alpha value is -3.42. The van der Waals surface area contributed by atoms with Gasteiger partial charge in [-0.05, 0) is 72.2 Å². The molecule has 10 heteroatoms. The van der Waals surface area contributed by atoms with Gasteiger partial charge < -0.3 is 14.6 Å². The number of alkyl halides is 3. The highest BCUT2D eigenvalue weighted by Crippen LogP contribution is 2.41. The van der Waals surface area contributed by atoms with E-state index in [0.717, 1.165) is 22.5 Å². The molecule has 2 aliphatic rings. The minimum absolute atomic E-state index is 0.102. The average Bonchev–Trinajstić information content (AvgIpc) is 2.86. The summed E-state index contributed by atoms with van der Waals surface area (Å²) in [5.41, 5.74) is 6.09. The van der Waals surface area contributed by atoms with Crippen molar-refractivity contribution in [3.05, 3.63) is 83.0 Å². The fourth-order valence-electron chi connectivity index (χ4n) is 3.83. The molecule has 0 fully saturated rings. The summed E-state index contributed by atoms with van der Waals surface area (Å²) in [6.07, 6.45) is -1.16. The highest BCUT2D eigenvalue weighted by atomic mass is 32.2. The molecule has 1 aliphatic heterocycles. The monoisotopic (exact) mass is 505 g/mol. The third kappa shape index (κ3) is 5.16. The zero-order valence-corrected chi connectivity index (χ0v) is 19.5. The quantitative estimate of drug-likeness (QED) is 0.554. The molecule has 2 aromatic carbocycles. The SMILES string of the molecule is COC1=C=C=CC(c2ccc3c(c2)N(S(=O)(=O)c2cccc(C(F)(F)F)c2)C[C@H](CCCO)O3)=C1. The van der Waals surface area contributed by atoms with Gasteiger partial charge in [0.1, 0.15) is 11.9 Å². The number of allylic oxidation sites excluding steroid dienone is 3. The van der Waals surface area contributed by atoms with E-state index in [1.54, 1.807) is 30.4 Å². The van der Waals surface area contributed by atoms with E-state index < -0.39 is 32.8 Å². The summed E-state index contributed by atoms with van der Waals surface area (Å²) < 4.78 is 79.3. The van der Waals surface area contributed by atoms with E-state index in [2.05, 4.69) is 11.5 Å². The summed E-state index contributed by atoms with van der Waals surface area (Å²) in [4.78, 5) is -0.476. The molecule has 2 aromatic rings. The van der Waals surface area contributed by atoms with Crippen molar-refractivity contribution in [1.82, 2.24) is 0 Å². The van der Waals surface area contributed by atoms with Gasteiger partial charge in [-0.15, -0.1) is 0 Å². The van der Waals surface area contributed by atoms with Crippen molar-refractivity contribution in [2.24, 2.45) is 0 Å². The molecule has 0 bridgehead atoms. The first-order chi connectivity index (χ1) is 16.6. The third-order valence-electron chi connectivity index (χ3n) is 5.59. The molecule has 0 aromatic heterocycles. The summed E-state index contributed by atoms with van der Waals surface area (Å²) in [5.74, 6) is 0.714. The van der Waals surface area contributed by atoms with Crippen LogP contribution in [0.2, 0.25) is 0 Å². The van der Waals surface area contributed by atoms with Crippen molar-refractivity contribution in [2.75, 3.05) is 24.6 Å². The second-order valence-electron chi connectivity index (χ2n) is 7.93. The second kappa shape index (κ2) is 9.68. The molecule has 0 radical (unpaired) electrons. The topological polar surface area (TPSA) is 76.1 Å². The first-order valence-corrected chi connectivity index (χ1v) is 12.2. The van der Waals surface area contributed by atoms with E-state index in [1.807, 2.05) is 0 Å². The van der Waals surface area contributed by atoms with E-state index in [-0.39, 0.29) is 24.6 Å². The predicted octanol–water partition coefficient (Wildman–Crippen LogP) is 4.67. The average molecular weight is 506 g/mol. The van der Waals surface area contributed by atoms with Gasteiger partial charge in [0.15, 0.2) is 5.76 Å². The van der Waals surface area contributed by atoms with Crippen molar-refractivity contribution in [1.29, 1.82) is 0 Å². The first-order valence-electron chi connectivity index (χ1n) is 10.7. The van der Waals surface area contributed by atoms with Crippen LogP contribution in [-0.2, 0) is 20.9 Å². The van der Waals surface area contributed by atoms with Gasteiger partial charge in [-0.1, -0.05) is 17.9 Å². The van der Waals surface area contributed by atoms with Crippen LogP contribution >= 0.6 is 0 Å². The van der Waals surface area contributed by atoms with Crippen LogP contribution in [-0.4, -0.2) is 39.9 Å². The lowest BCUT2D eigenvalue weighted by molar-refractivity contribution is -0.137. The Morgan fingerprint density at radius 3 is 2.74 bits per heavy atom.